The number of carboxylic acid groups (broad SMARTS) is 1. The van der Waals surface area contributed by atoms with Crippen molar-refractivity contribution in [2.24, 2.45) is 0 Å². The zero-order valence-electron chi connectivity index (χ0n) is 10.6. The van der Waals surface area contributed by atoms with Crippen molar-refractivity contribution in [2.45, 2.75) is 18.9 Å². The number of aliphatic carboxylic acids is 1. The van der Waals surface area contributed by atoms with Gasteiger partial charge in [0.15, 0.2) is 0 Å². The standard InChI is InChI=1S/C14H13ClFNO3/c15-10-3-1-4-11(16)9(10)6-7-13(18)17-8-2-5-12(17)14(19)20/h1,3-4,6-7,12H,2,5,8H2,(H,19,20)/b7-6+/t12-/m0/s1. The van der Waals surface area contributed by atoms with Crippen LogP contribution in [0.2, 0.25) is 5.02 Å². The molecular weight excluding hydrogens is 285 g/mol. The fraction of sp³-hybridized carbons (Fsp3) is 0.286. The molecule has 1 N–H and O–H groups in total. The first-order chi connectivity index (χ1) is 9.50. The SMILES string of the molecule is O=C(O)[C@@H]1CCCN1C(=O)/C=C/c1c(F)cccc1Cl. The van der Waals surface area contributed by atoms with E-state index in [1.54, 1.807) is 0 Å². The Morgan fingerprint density at radius 1 is 1.45 bits per heavy atom. The van der Waals surface area contributed by atoms with Crippen molar-refractivity contribution in [1.82, 2.24) is 4.90 Å². The number of carboxylic acids is 1. The van der Waals surface area contributed by atoms with Crippen molar-refractivity contribution < 1.29 is 19.1 Å². The molecule has 0 aliphatic carbocycles. The monoisotopic (exact) mass is 297 g/mol. The van der Waals surface area contributed by atoms with Gasteiger partial charge in [0, 0.05) is 18.2 Å². The largest absolute Gasteiger partial charge is 0.480 e. The fourth-order valence-electron chi connectivity index (χ4n) is 2.21. The summed E-state index contributed by atoms with van der Waals surface area (Å²) < 4.78 is 13.5. The summed E-state index contributed by atoms with van der Waals surface area (Å²) in [4.78, 5) is 24.2. The summed E-state index contributed by atoms with van der Waals surface area (Å²) in [5, 5.41) is 9.21. The van der Waals surface area contributed by atoms with Gasteiger partial charge in [-0.15, -0.1) is 0 Å². The van der Waals surface area contributed by atoms with Crippen LogP contribution in [-0.4, -0.2) is 34.5 Å². The van der Waals surface area contributed by atoms with Gasteiger partial charge in [-0.25, -0.2) is 9.18 Å². The summed E-state index contributed by atoms with van der Waals surface area (Å²) in [6.45, 7) is 0.394. The third kappa shape index (κ3) is 2.99. The lowest BCUT2D eigenvalue weighted by Gasteiger charge is -2.19. The molecule has 1 atom stereocenters. The molecule has 1 fully saturated rings. The number of benzene rings is 1. The van der Waals surface area contributed by atoms with Crippen LogP contribution in [0.3, 0.4) is 0 Å². The molecule has 6 heteroatoms. The van der Waals surface area contributed by atoms with Crippen molar-refractivity contribution in [2.75, 3.05) is 6.54 Å². The molecule has 0 unspecified atom stereocenters. The van der Waals surface area contributed by atoms with Crippen LogP contribution in [0.15, 0.2) is 24.3 Å². The highest BCUT2D eigenvalue weighted by Gasteiger charge is 2.32. The first kappa shape index (κ1) is 14.5. The molecule has 0 radical (unpaired) electrons. The number of likely N-dealkylation sites (tertiary alicyclic amines) is 1. The Labute approximate surface area is 120 Å². The summed E-state index contributed by atoms with van der Waals surface area (Å²) in [5.74, 6) is -2.00. The van der Waals surface area contributed by atoms with Crippen LogP contribution in [0.4, 0.5) is 4.39 Å². The number of carbonyl (C=O) groups is 2. The van der Waals surface area contributed by atoms with Gasteiger partial charge in [0.1, 0.15) is 11.9 Å². The predicted octanol–water partition coefficient (Wildman–Crippen LogP) is 2.57. The van der Waals surface area contributed by atoms with E-state index in [0.717, 1.165) is 6.08 Å². The third-order valence-electron chi connectivity index (χ3n) is 3.21. The van der Waals surface area contributed by atoms with Crippen LogP contribution >= 0.6 is 11.6 Å². The molecule has 20 heavy (non-hydrogen) atoms. The van der Waals surface area contributed by atoms with Gasteiger partial charge in [-0.2, -0.15) is 0 Å². The van der Waals surface area contributed by atoms with Gasteiger partial charge < -0.3 is 10.0 Å². The minimum atomic E-state index is -1.02. The Hall–Kier alpha value is -1.88. The number of rotatable bonds is 3. The summed E-state index contributed by atoms with van der Waals surface area (Å²) in [7, 11) is 0. The van der Waals surface area contributed by atoms with Crippen molar-refractivity contribution in [3.05, 3.63) is 40.7 Å². The summed E-state index contributed by atoms with van der Waals surface area (Å²) in [6.07, 6.45) is 3.52. The third-order valence-corrected chi connectivity index (χ3v) is 3.54. The zero-order chi connectivity index (χ0) is 14.7. The Morgan fingerprint density at radius 3 is 2.85 bits per heavy atom. The minimum Gasteiger partial charge on any atom is -0.480 e. The predicted molar refractivity (Wildman–Crippen MR) is 72.8 cm³/mol. The number of carbonyl (C=O) groups excluding carboxylic acids is 1. The highest BCUT2D eigenvalue weighted by molar-refractivity contribution is 6.32. The second-order valence-corrected chi connectivity index (χ2v) is 4.90. The lowest BCUT2D eigenvalue weighted by atomic mass is 10.2. The van der Waals surface area contributed by atoms with Crippen LogP contribution < -0.4 is 0 Å². The molecule has 1 heterocycles. The van der Waals surface area contributed by atoms with Crippen LogP contribution in [-0.2, 0) is 9.59 Å². The van der Waals surface area contributed by atoms with Crippen molar-refractivity contribution in [3.63, 3.8) is 0 Å². The Kier molecular flexibility index (Phi) is 4.39. The van der Waals surface area contributed by atoms with Crippen LogP contribution in [0.1, 0.15) is 18.4 Å². The van der Waals surface area contributed by atoms with Crippen LogP contribution in [0.5, 0.6) is 0 Å². The molecule has 1 amide bonds. The maximum atomic E-state index is 13.5. The van der Waals surface area contributed by atoms with E-state index in [9.17, 15) is 14.0 Å². The van der Waals surface area contributed by atoms with E-state index in [2.05, 4.69) is 0 Å². The zero-order valence-corrected chi connectivity index (χ0v) is 11.3. The normalized spacial score (nSPS) is 18.7. The summed E-state index contributed by atoms with van der Waals surface area (Å²) in [6, 6.07) is 3.43. The van der Waals surface area contributed by atoms with E-state index in [1.165, 1.54) is 29.2 Å². The molecule has 1 aromatic carbocycles. The van der Waals surface area contributed by atoms with Gasteiger partial charge in [-0.3, -0.25) is 4.79 Å². The van der Waals surface area contributed by atoms with Gasteiger partial charge in [0.05, 0.1) is 5.02 Å². The molecule has 4 nitrogen and oxygen atoms in total. The second-order valence-electron chi connectivity index (χ2n) is 4.50. The van der Waals surface area contributed by atoms with Crippen molar-refractivity contribution in [3.8, 4) is 0 Å². The number of halogens is 2. The maximum absolute atomic E-state index is 13.5. The van der Waals surface area contributed by atoms with E-state index >= 15 is 0 Å². The smallest absolute Gasteiger partial charge is 0.326 e. The molecule has 0 spiro atoms. The van der Waals surface area contributed by atoms with Crippen molar-refractivity contribution in [1.29, 1.82) is 0 Å². The molecule has 1 aliphatic rings. The maximum Gasteiger partial charge on any atom is 0.326 e. The number of nitrogens with zero attached hydrogens (tertiary/aromatic N) is 1. The average Bonchev–Trinajstić information content (AvgIpc) is 2.87. The molecule has 2 rings (SSSR count). The highest BCUT2D eigenvalue weighted by Crippen LogP contribution is 2.22. The van der Waals surface area contributed by atoms with Gasteiger partial charge in [-0.05, 0) is 31.1 Å². The summed E-state index contributed by atoms with van der Waals surface area (Å²) >= 11 is 5.84. The average molecular weight is 298 g/mol. The molecule has 106 valence electrons. The lowest BCUT2D eigenvalue weighted by molar-refractivity contribution is -0.146. The van der Waals surface area contributed by atoms with Gasteiger partial charge in [0.2, 0.25) is 5.91 Å². The molecule has 1 saturated heterocycles. The Morgan fingerprint density at radius 2 is 2.20 bits per heavy atom. The van der Waals surface area contributed by atoms with E-state index in [0.29, 0.717) is 19.4 Å². The minimum absolute atomic E-state index is 0.119. The molecule has 0 aromatic heterocycles. The molecule has 1 aliphatic heterocycles. The van der Waals surface area contributed by atoms with E-state index in [-0.39, 0.29) is 10.6 Å². The quantitative estimate of drug-likeness (QED) is 0.872. The second kappa shape index (κ2) is 6.05. The number of hydrogen-bond donors (Lipinski definition) is 1. The van der Waals surface area contributed by atoms with Crippen LogP contribution in [0, 0.1) is 5.82 Å². The molecule has 0 bridgehead atoms. The van der Waals surface area contributed by atoms with E-state index in [1.807, 2.05) is 0 Å². The lowest BCUT2D eigenvalue weighted by Crippen LogP contribution is -2.39. The van der Waals surface area contributed by atoms with Crippen molar-refractivity contribution >= 4 is 29.6 Å². The molecule has 1 aromatic rings. The number of amides is 1. The summed E-state index contributed by atoms with van der Waals surface area (Å²) in [5.41, 5.74) is 0.119. The molecule has 0 saturated carbocycles. The number of hydrogen-bond acceptors (Lipinski definition) is 2. The first-order valence-electron chi connectivity index (χ1n) is 6.16. The topological polar surface area (TPSA) is 57.6 Å². The van der Waals surface area contributed by atoms with Gasteiger partial charge in [-0.1, -0.05) is 17.7 Å². The highest BCUT2D eigenvalue weighted by atomic mass is 35.5. The Balaban J connectivity index is 2.15. The molecular formula is C14H13ClFNO3. The van der Waals surface area contributed by atoms with Gasteiger partial charge >= 0.3 is 5.97 Å². The van der Waals surface area contributed by atoms with E-state index < -0.39 is 23.7 Å². The van der Waals surface area contributed by atoms with Gasteiger partial charge in [0.25, 0.3) is 0 Å². The van der Waals surface area contributed by atoms with E-state index in [4.69, 9.17) is 16.7 Å². The van der Waals surface area contributed by atoms with Crippen LogP contribution in [0.25, 0.3) is 6.08 Å². The Bertz CT molecular complexity index is 553. The fourth-order valence-corrected chi connectivity index (χ4v) is 2.43. The first-order valence-corrected chi connectivity index (χ1v) is 6.54.